The van der Waals surface area contributed by atoms with Crippen molar-refractivity contribution in [2.45, 2.75) is 20.0 Å². The summed E-state index contributed by atoms with van der Waals surface area (Å²) in [6.45, 7) is 3.25. The quantitative estimate of drug-likeness (QED) is 0.285. The van der Waals surface area contributed by atoms with Crippen LogP contribution in [0.15, 0.2) is 61.2 Å². The second-order valence-corrected chi connectivity index (χ2v) is 7.52. The van der Waals surface area contributed by atoms with Crippen LogP contribution < -0.4 is 5.32 Å². The van der Waals surface area contributed by atoms with Crippen LogP contribution in [0.1, 0.15) is 40.3 Å². The molecule has 0 aliphatic rings. The normalized spacial score (nSPS) is 11.2. The number of halogens is 3. The Labute approximate surface area is 203 Å². The molecule has 0 aliphatic heterocycles. The van der Waals surface area contributed by atoms with Crippen LogP contribution in [0.25, 0.3) is 16.9 Å². The van der Waals surface area contributed by atoms with E-state index in [0.29, 0.717) is 16.8 Å². The van der Waals surface area contributed by atoms with E-state index in [0.717, 1.165) is 16.9 Å². The molecule has 12 heteroatoms. The van der Waals surface area contributed by atoms with Gasteiger partial charge in [-0.3, -0.25) is 9.78 Å². The zero-order chi connectivity index (χ0) is 25.9. The second kappa shape index (κ2) is 9.94. The van der Waals surface area contributed by atoms with Crippen LogP contribution in [-0.2, 0) is 10.9 Å². The van der Waals surface area contributed by atoms with Crippen molar-refractivity contribution in [1.82, 2.24) is 24.7 Å². The van der Waals surface area contributed by atoms with E-state index in [1.165, 1.54) is 31.6 Å². The summed E-state index contributed by atoms with van der Waals surface area (Å²) >= 11 is 0. The summed E-state index contributed by atoms with van der Waals surface area (Å²) < 4.78 is 45.6. The van der Waals surface area contributed by atoms with Gasteiger partial charge in [0.25, 0.3) is 0 Å². The fourth-order valence-corrected chi connectivity index (χ4v) is 3.26. The zero-order valence-corrected chi connectivity index (χ0v) is 19.1. The Morgan fingerprint density at radius 1 is 1.08 bits per heavy atom. The highest BCUT2D eigenvalue weighted by Gasteiger charge is 2.34. The molecule has 0 spiro atoms. The van der Waals surface area contributed by atoms with Gasteiger partial charge < -0.3 is 10.1 Å². The monoisotopic (exact) mass is 496 g/mol. The van der Waals surface area contributed by atoms with Crippen LogP contribution in [0.2, 0.25) is 0 Å². The lowest BCUT2D eigenvalue weighted by Gasteiger charge is -2.12. The molecule has 3 heterocycles. The number of Topliss-reactive ketones (excluding diaryl/α,β-unsaturated/α-hetero) is 1. The number of alkyl halides is 3. The van der Waals surface area contributed by atoms with Crippen LogP contribution in [-0.4, -0.2) is 43.1 Å². The summed E-state index contributed by atoms with van der Waals surface area (Å²) in [7, 11) is 0. The fraction of sp³-hybridized carbons (Fsp3) is 0.167. The van der Waals surface area contributed by atoms with Gasteiger partial charge in [0.2, 0.25) is 5.95 Å². The van der Waals surface area contributed by atoms with Crippen molar-refractivity contribution in [3.8, 4) is 16.9 Å². The van der Waals surface area contributed by atoms with E-state index in [4.69, 9.17) is 4.74 Å². The lowest BCUT2D eigenvalue weighted by molar-refractivity contribution is -0.141. The van der Waals surface area contributed by atoms with Crippen LogP contribution in [0.4, 0.5) is 24.8 Å². The Kier molecular flexibility index (Phi) is 6.77. The summed E-state index contributed by atoms with van der Waals surface area (Å²) in [6, 6.07) is 8.90. The number of rotatable bonds is 7. The van der Waals surface area contributed by atoms with Gasteiger partial charge in [0.15, 0.2) is 17.3 Å². The molecule has 1 N–H and O–H groups in total. The molecule has 184 valence electrons. The lowest BCUT2D eigenvalue weighted by atomic mass is 10.1. The first-order chi connectivity index (χ1) is 17.2. The molecular formula is C24H19F3N6O3. The minimum Gasteiger partial charge on any atom is -0.462 e. The van der Waals surface area contributed by atoms with Crippen molar-refractivity contribution in [1.29, 1.82) is 0 Å². The van der Waals surface area contributed by atoms with Gasteiger partial charge in [-0.05, 0) is 38.1 Å². The van der Waals surface area contributed by atoms with Gasteiger partial charge in [0.05, 0.1) is 12.2 Å². The van der Waals surface area contributed by atoms with Crippen molar-refractivity contribution in [3.05, 3.63) is 78.0 Å². The molecule has 0 bridgehead atoms. The molecule has 0 aliphatic carbocycles. The highest BCUT2D eigenvalue weighted by atomic mass is 19.4. The van der Waals surface area contributed by atoms with Gasteiger partial charge in [-0.15, -0.1) is 0 Å². The SMILES string of the molecule is CCOC(=O)c1cncc(-c2cnc(Nc3cccc(C(C)=O)c3)nc2-n2ccc(C(F)(F)F)n2)c1. The molecule has 0 saturated heterocycles. The first-order valence-electron chi connectivity index (χ1n) is 10.7. The molecule has 9 nitrogen and oxygen atoms in total. The summed E-state index contributed by atoms with van der Waals surface area (Å²) in [5.74, 6) is -0.682. The Morgan fingerprint density at radius 2 is 1.89 bits per heavy atom. The maximum Gasteiger partial charge on any atom is 0.435 e. The number of esters is 1. The molecule has 0 amide bonds. The molecule has 0 fully saturated rings. The first kappa shape index (κ1) is 24.5. The molecule has 0 radical (unpaired) electrons. The maximum absolute atomic E-state index is 13.2. The van der Waals surface area contributed by atoms with E-state index >= 15 is 0 Å². The van der Waals surface area contributed by atoms with E-state index in [2.05, 4.69) is 25.4 Å². The van der Waals surface area contributed by atoms with E-state index in [9.17, 15) is 22.8 Å². The molecule has 3 aromatic heterocycles. The molecule has 36 heavy (non-hydrogen) atoms. The summed E-state index contributed by atoms with van der Waals surface area (Å²) in [5.41, 5.74) is 0.650. The van der Waals surface area contributed by atoms with E-state index in [-0.39, 0.29) is 35.3 Å². The first-order valence-corrected chi connectivity index (χ1v) is 10.7. The predicted octanol–water partition coefficient (Wildman–Crippen LogP) is 4.87. The third kappa shape index (κ3) is 5.37. The molecule has 4 aromatic rings. The molecule has 1 aromatic carbocycles. The number of benzene rings is 1. The zero-order valence-electron chi connectivity index (χ0n) is 19.1. The highest BCUT2D eigenvalue weighted by molar-refractivity contribution is 5.95. The van der Waals surface area contributed by atoms with E-state index in [1.807, 2.05) is 0 Å². The topological polar surface area (TPSA) is 112 Å². The molecule has 0 unspecified atom stereocenters. The number of anilines is 2. The number of hydrogen-bond donors (Lipinski definition) is 1. The van der Waals surface area contributed by atoms with Gasteiger partial charge in [-0.2, -0.15) is 23.3 Å². The minimum atomic E-state index is -4.65. The number of nitrogens with zero attached hydrogens (tertiary/aromatic N) is 5. The smallest absolute Gasteiger partial charge is 0.435 e. The Bertz CT molecular complexity index is 1430. The highest BCUT2D eigenvalue weighted by Crippen LogP contribution is 2.30. The van der Waals surface area contributed by atoms with Crippen LogP contribution in [0, 0.1) is 0 Å². The van der Waals surface area contributed by atoms with Gasteiger partial charge in [0, 0.05) is 47.2 Å². The number of pyridine rings is 1. The number of ketones is 1. The van der Waals surface area contributed by atoms with Crippen LogP contribution in [0.3, 0.4) is 0 Å². The Morgan fingerprint density at radius 3 is 2.58 bits per heavy atom. The van der Waals surface area contributed by atoms with Crippen molar-refractivity contribution in [2.24, 2.45) is 0 Å². The summed E-state index contributed by atoms with van der Waals surface area (Å²) in [4.78, 5) is 36.5. The number of ether oxygens (including phenoxy) is 1. The van der Waals surface area contributed by atoms with Gasteiger partial charge in [0.1, 0.15) is 0 Å². The maximum atomic E-state index is 13.2. The number of carbonyl (C=O) groups is 2. The third-order valence-electron chi connectivity index (χ3n) is 4.95. The fourth-order valence-electron chi connectivity index (χ4n) is 3.26. The van der Waals surface area contributed by atoms with Gasteiger partial charge in [-0.25, -0.2) is 14.5 Å². The largest absolute Gasteiger partial charge is 0.462 e. The standard InChI is InChI=1S/C24H19F3N6O3/c1-3-36-22(35)17-9-16(11-28-12-17)19-13-29-23(30-18-6-4-5-15(10-18)14(2)34)31-21(19)33-8-7-20(32-33)24(25,26)27/h4-13H,3H2,1-2H3,(H,29,30,31). The number of hydrogen-bond acceptors (Lipinski definition) is 8. The van der Waals surface area contributed by atoms with Crippen LogP contribution >= 0.6 is 0 Å². The summed E-state index contributed by atoms with van der Waals surface area (Å²) in [5, 5.41) is 6.57. The third-order valence-corrected chi connectivity index (χ3v) is 4.95. The molecule has 0 atom stereocenters. The number of nitrogens with one attached hydrogen (secondary N) is 1. The van der Waals surface area contributed by atoms with Crippen molar-refractivity contribution in [2.75, 3.05) is 11.9 Å². The van der Waals surface area contributed by atoms with Gasteiger partial charge in [-0.1, -0.05) is 12.1 Å². The molecule has 0 saturated carbocycles. The predicted molar refractivity (Wildman–Crippen MR) is 123 cm³/mol. The minimum absolute atomic E-state index is 0.00790. The van der Waals surface area contributed by atoms with Crippen molar-refractivity contribution < 1.29 is 27.5 Å². The van der Waals surface area contributed by atoms with Crippen molar-refractivity contribution >= 4 is 23.4 Å². The Balaban J connectivity index is 1.80. The number of aromatic nitrogens is 5. The lowest BCUT2D eigenvalue weighted by Crippen LogP contribution is -2.10. The number of carbonyl (C=O) groups excluding carboxylic acids is 2. The van der Waals surface area contributed by atoms with E-state index < -0.39 is 17.8 Å². The van der Waals surface area contributed by atoms with E-state index in [1.54, 1.807) is 31.2 Å². The molecular weight excluding hydrogens is 477 g/mol. The van der Waals surface area contributed by atoms with Gasteiger partial charge >= 0.3 is 12.1 Å². The average Bonchev–Trinajstić information content (AvgIpc) is 3.35. The summed E-state index contributed by atoms with van der Waals surface area (Å²) in [6.07, 6.45) is 0.577. The van der Waals surface area contributed by atoms with Crippen LogP contribution in [0.5, 0.6) is 0 Å². The van der Waals surface area contributed by atoms with Crippen molar-refractivity contribution in [3.63, 3.8) is 0 Å². The molecule has 4 rings (SSSR count). The Hall–Kier alpha value is -4.61. The average molecular weight is 496 g/mol. The second-order valence-electron chi connectivity index (χ2n) is 7.52.